The summed E-state index contributed by atoms with van der Waals surface area (Å²) in [5, 5.41) is 0. The van der Waals surface area contributed by atoms with Gasteiger partial charge in [0, 0.05) is 18.7 Å². The van der Waals surface area contributed by atoms with Crippen molar-refractivity contribution in [3.63, 3.8) is 0 Å². The minimum atomic E-state index is -3.19. The number of ether oxygens (including phenoxy) is 1. The molecule has 0 bridgehead atoms. The van der Waals surface area contributed by atoms with Crippen LogP contribution in [0.25, 0.3) is 0 Å². The van der Waals surface area contributed by atoms with E-state index in [0.717, 1.165) is 25.2 Å². The highest BCUT2D eigenvalue weighted by Crippen LogP contribution is 2.28. The molecule has 0 radical (unpaired) electrons. The lowest BCUT2D eigenvalue weighted by Gasteiger charge is -2.32. The van der Waals surface area contributed by atoms with Crippen LogP contribution in [0.15, 0.2) is 18.2 Å². The van der Waals surface area contributed by atoms with Gasteiger partial charge in [0.2, 0.25) is 0 Å². The minimum Gasteiger partial charge on any atom is -0.493 e. The van der Waals surface area contributed by atoms with Crippen molar-refractivity contribution in [1.29, 1.82) is 0 Å². The molecule has 1 atom stereocenters. The number of nitrogens with two attached hydrogens (primary N) is 1. The highest BCUT2D eigenvalue weighted by molar-refractivity contribution is 7.92. The highest BCUT2D eigenvalue weighted by Gasteiger charge is 2.38. The Morgan fingerprint density at radius 2 is 2.14 bits per heavy atom. The SMILES string of the molecule is CC(C)(C(CCc1ccc2c(c1)CCO2)NN)S(C)(=O)=O. The molecular weight excluding hydrogens is 288 g/mol. The molecule has 0 spiro atoms. The second-order valence-corrected chi connectivity index (χ2v) is 8.77. The molecule has 6 heteroatoms. The molecule has 21 heavy (non-hydrogen) atoms. The summed E-state index contributed by atoms with van der Waals surface area (Å²) in [7, 11) is -3.19. The lowest BCUT2D eigenvalue weighted by Crippen LogP contribution is -2.54. The molecule has 118 valence electrons. The Hall–Kier alpha value is -1.11. The van der Waals surface area contributed by atoms with Crippen molar-refractivity contribution in [3.8, 4) is 5.75 Å². The van der Waals surface area contributed by atoms with Crippen LogP contribution in [0.2, 0.25) is 0 Å². The van der Waals surface area contributed by atoms with E-state index in [1.807, 2.05) is 12.1 Å². The van der Waals surface area contributed by atoms with E-state index in [-0.39, 0.29) is 6.04 Å². The van der Waals surface area contributed by atoms with E-state index in [0.29, 0.717) is 6.42 Å². The van der Waals surface area contributed by atoms with Crippen molar-refractivity contribution in [2.75, 3.05) is 12.9 Å². The molecule has 1 aromatic carbocycles. The number of nitrogens with one attached hydrogen (secondary N) is 1. The van der Waals surface area contributed by atoms with E-state index in [4.69, 9.17) is 10.6 Å². The van der Waals surface area contributed by atoms with Gasteiger partial charge in [-0.3, -0.25) is 11.3 Å². The molecule has 1 aliphatic heterocycles. The molecule has 5 nitrogen and oxygen atoms in total. The third-order valence-corrected chi connectivity index (χ3v) is 6.67. The van der Waals surface area contributed by atoms with Gasteiger partial charge in [0.25, 0.3) is 0 Å². The van der Waals surface area contributed by atoms with E-state index in [9.17, 15) is 8.42 Å². The number of sulfone groups is 1. The normalized spacial score (nSPS) is 16.4. The van der Waals surface area contributed by atoms with Gasteiger partial charge in [-0.2, -0.15) is 0 Å². The Balaban J connectivity index is 2.07. The monoisotopic (exact) mass is 312 g/mol. The van der Waals surface area contributed by atoms with Crippen LogP contribution in [-0.4, -0.2) is 32.1 Å². The molecule has 1 unspecified atom stereocenters. The number of benzene rings is 1. The van der Waals surface area contributed by atoms with Crippen LogP contribution in [0.5, 0.6) is 5.75 Å². The Kier molecular flexibility index (Phi) is 4.60. The zero-order chi connectivity index (χ0) is 15.7. The second kappa shape index (κ2) is 5.94. The van der Waals surface area contributed by atoms with E-state index in [1.165, 1.54) is 17.4 Å². The fourth-order valence-corrected chi connectivity index (χ4v) is 3.30. The van der Waals surface area contributed by atoms with E-state index in [2.05, 4.69) is 11.5 Å². The molecule has 0 amide bonds. The van der Waals surface area contributed by atoms with Gasteiger partial charge in [0.05, 0.1) is 11.4 Å². The second-order valence-electron chi connectivity index (χ2n) is 6.17. The molecule has 1 aliphatic rings. The quantitative estimate of drug-likeness (QED) is 0.609. The molecular formula is C15H24N2O3S. The number of hydrogen-bond acceptors (Lipinski definition) is 5. The summed E-state index contributed by atoms with van der Waals surface area (Å²) >= 11 is 0. The van der Waals surface area contributed by atoms with Gasteiger partial charge in [-0.1, -0.05) is 12.1 Å². The predicted octanol–water partition coefficient (Wildman–Crippen LogP) is 1.21. The third kappa shape index (κ3) is 3.39. The van der Waals surface area contributed by atoms with Gasteiger partial charge >= 0.3 is 0 Å². The van der Waals surface area contributed by atoms with Gasteiger partial charge in [0.15, 0.2) is 9.84 Å². The smallest absolute Gasteiger partial charge is 0.154 e. The largest absolute Gasteiger partial charge is 0.493 e. The van der Waals surface area contributed by atoms with E-state index >= 15 is 0 Å². The molecule has 3 N–H and O–H groups in total. The van der Waals surface area contributed by atoms with Crippen molar-refractivity contribution in [1.82, 2.24) is 5.43 Å². The lowest BCUT2D eigenvalue weighted by atomic mass is 9.95. The first-order valence-corrected chi connectivity index (χ1v) is 9.05. The van der Waals surface area contributed by atoms with Gasteiger partial charge in [-0.25, -0.2) is 8.42 Å². The number of fused-ring (bicyclic) bond motifs is 1. The average Bonchev–Trinajstić information content (AvgIpc) is 2.85. The van der Waals surface area contributed by atoms with Crippen molar-refractivity contribution in [3.05, 3.63) is 29.3 Å². The highest BCUT2D eigenvalue weighted by atomic mass is 32.2. The molecule has 0 fully saturated rings. The van der Waals surface area contributed by atoms with Crippen LogP contribution in [0.3, 0.4) is 0 Å². The number of aryl methyl sites for hydroxylation is 1. The van der Waals surface area contributed by atoms with Crippen LogP contribution < -0.4 is 16.0 Å². The van der Waals surface area contributed by atoms with Gasteiger partial charge in [-0.05, 0) is 43.9 Å². The zero-order valence-electron chi connectivity index (χ0n) is 12.8. The number of rotatable bonds is 6. The Morgan fingerprint density at radius 3 is 2.76 bits per heavy atom. The Bertz CT molecular complexity index is 611. The van der Waals surface area contributed by atoms with Crippen molar-refractivity contribution in [2.45, 2.75) is 43.9 Å². The van der Waals surface area contributed by atoms with Crippen LogP contribution in [-0.2, 0) is 22.7 Å². The summed E-state index contributed by atoms with van der Waals surface area (Å²) in [6.45, 7) is 4.17. The van der Waals surface area contributed by atoms with Gasteiger partial charge < -0.3 is 4.74 Å². The topological polar surface area (TPSA) is 81.4 Å². The molecule has 1 aromatic rings. The van der Waals surface area contributed by atoms with Crippen LogP contribution >= 0.6 is 0 Å². The van der Waals surface area contributed by atoms with E-state index in [1.54, 1.807) is 13.8 Å². The van der Waals surface area contributed by atoms with Crippen LogP contribution in [0, 0.1) is 0 Å². The van der Waals surface area contributed by atoms with E-state index < -0.39 is 14.6 Å². The van der Waals surface area contributed by atoms with Crippen LogP contribution in [0.4, 0.5) is 0 Å². The molecule has 0 aliphatic carbocycles. The third-order valence-electron chi connectivity index (χ3n) is 4.47. The van der Waals surface area contributed by atoms with Crippen molar-refractivity contribution < 1.29 is 13.2 Å². The summed E-state index contributed by atoms with van der Waals surface area (Å²) in [5.41, 5.74) is 5.08. The Labute approximate surface area is 126 Å². The fraction of sp³-hybridized carbons (Fsp3) is 0.600. The molecule has 0 aromatic heterocycles. The summed E-state index contributed by atoms with van der Waals surface area (Å²) < 4.78 is 28.4. The maximum Gasteiger partial charge on any atom is 0.154 e. The zero-order valence-corrected chi connectivity index (χ0v) is 13.7. The molecule has 0 saturated carbocycles. The average molecular weight is 312 g/mol. The van der Waals surface area contributed by atoms with Gasteiger partial charge in [-0.15, -0.1) is 0 Å². The maximum atomic E-state index is 11.9. The summed E-state index contributed by atoms with van der Waals surface area (Å²) in [5.74, 6) is 6.54. The minimum absolute atomic E-state index is 0.294. The number of hydrazine groups is 1. The first-order valence-electron chi connectivity index (χ1n) is 7.16. The first kappa shape index (κ1) is 16.3. The summed E-state index contributed by atoms with van der Waals surface area (Å²) in [6, 6.07) is 5.87. The Morgan fingerprint density at radius 1 is 1.43 bits per heavy atom. The molecule has 0 saturated heterocycles. The fourth-order valence-electron chi connectivity index (χ4n) is 2.60. The summed E-state index contributed by atoms with van der Waals surface area (Å²) in [6.07, 6.45) is 3.64. The van der Waals surface area contributed by atoms with Crippen molar-refractivity contribution in [2.24, 2.45) is 5.84 Å². The summed E-state index contributed by atoms with van der Waals surface area (Å²) in [4.78, 5) is 0. The first-order chi connectivity index (χ1) is 9.75. The standard InChI is InChI=1S/C15H24N2O3S/c1-15(2,21(3,18)19)14(17-16)7-5-11-4-6-13-12(10-11)8-9-20-13/h4,6,10,14,17H,5,7-9,16H2,1-3H3. The number of hydrogen-bond donors (Lipinski definition) is 2. The predicted molar refractivity (Wildman–Crippen MR) is 84.0 cm³/mol. The van der Waals surface area contributed by atoms with Crippen molar-refractivity contribution >= 4 is 9.84 Å². The lowest BCUT2D eigenvalue weighted by molar-refractivity contribution is 0.356. The maximum absolute atomic E-state index is 11.9. The molecule has 2 rings (SSSR count). The van der Waals surface area contributed by atoms with Crippen LogP contribution in [0.1, 0.15) is 31.4 Å². The molecule has 1 heterocycles. The van der Waals surface area contributed by atoms with Gasteiger partial charge in [0.1, 0.15) is 5.75 Å².